The van der Waals surface area contributed by atoms with Crippen LogP contribution in [0, 0.1) is 28.6 Å². The van der Waals surface area contributed by atoms with Crippen LogP contribution < -0.4 is 0 Å². The first-order valence-corrected chi connectivity index (χ1v) is 12.6. The smallest absolute Gasteiger partial charge is 0.331 e. The molecule has 5 aliphatic rings. The summed E-state index contributed by atoms with van der Waals surface area (Å²) >= 11 is 0. The topological polar surface area (TPSA) is 141 Å². The predicted molar refractivity (Wildman–Crippen MR) is 119 cm³/mol. The number of carboxylic acid groups (broad SMARTS) is 1. The fraction of sp³-hybridized carbons (Fsp3) is 0.808. The minimum absolute atomic E-state index is 0.0140. The van der Waals surface area contributed by atoms with Gasteiger partial charge in [-0.25, -0.2) is 4.79 Å². The SMILES string of the molecule is C[C@]12CC[C@H]3[C@@H](CC[C@]4(O)C[C@](O)(CCC(=O)O)CC[C@]34C=O)[C@@]1(O)CC[C@@H]2C1=CC(=O)OC1. The highest BCUT2D eigenvalue weighted by atomic mass is 16.5. The van der Waals surface area contributed by atoms with Crippen LogP contribution in [0.25, 0.3) is 0 Å². The summed E-state index contributed by atoms with van der Waals surface area (Å²) in [5.41, 5.74) is -4.30. The van der Waals surface area contributed by atoms with Gasteiger partial charge in [0.25, 0.3) is 0 Å². The molecule has 0 aromatic rings. The predicted octanol–water partition coefficient (Wildman–Crippen LogP) is 2.13. The summed E-state index contributed by atoms with van der Waals surface area (Å²) in [7, 11) is 0. The van der Waals surface area contributed by atoms with Crippen molar-refractivity contribution in [2.75, 3.05) is 6.61 Å². The van der Waals surface area contributed by atoms with Gasteiger partial charge >= 0.3 is 11.9 Å². The Hall–Kier alpha value is -1.77. The maximum atomic E-state index is 12.8. The number of ether oxygens (including phenoxy) is 1. The van der Waals surface area contributed by atoms with Crippen molar-refractivity contribution in [1.29, 1.82) is 0 Å². The van der Waals surface area contributed by atoms with Crippen LogP contribution >= 0.6 is 0 Å². The lowest BCUT2D eigenvalue weighted by Gasteiger charge is -2.66. The summed E-state index contributed by atoms with van der Waals surface area (Å²) in [6, 6.07) is 0. The van der Waals surface area contributed by atoms with Crippen molar-refractivity contribution < 1.29 is 39.5 Å². The van der Waals surface area contributed by atoms with Gasteiger partial charge in [-0.05, 0) is 81.1 Å². The van der Waals surface area contributed by atoms with E-state index in [2.05, 4.69) is 6.92 Å². The van der Waals surface area contributed by atoms with Crippen molar-refractivity contribution in [3.63, 3.8) is 0 Å². The van der Waals surface area contributed by atoms with Gasteiger partial charge in [0.05, 0.1) is 22.2 Å². The van der Waals surface area contributed by atoms with Gasteiger partial charge in [0.15, 0.2) is 0 Å². The van der Waals surface area contributed by atoms with E-state index in [4.69, 9.17) is 9.84 Å². The van der Waals surface area contributed by atoms with Crippen LogP contribution in [-0.2, 0) is 19.1 Å². The first-order valence-electron chi connectivity index (χ1n) is 12.6. The Morgan fingerprint density at radius 3 is 2.47 bits per heavy atom. The summed E-state index contributed by atoms with van der Waals surface area (Å²) in [5, 5.41) is 44.3. The first kappa shape index (κ1) is 23.9. The molecule has 0 saturated heterocycles. The Labute approximate surface area is 199 Å². The zero-order valence-electron chi connectivity index (χ0n) is 19.8. The van der Waals surface area contributed by atoms with E-state index in [1.807, 2.05) is 0 Å². The van der Waals surface area contributed by atoms with Crippen LogP contribution in [0.3, 0.4) is 0 Å². The molecule has 34 heavy (non-hydrogen) atoms. The van der Waals surface area contributed by atoms with Crippen LogP contribution in [0.1, 0.15) is 77.6 Å². The first-order chi connectivity index (χ1) is 15.9. The Morgan fingerprint density at radius 2 is 1.82 bits per heavy atom. The summed E-state index contributed by atoms with van der Waals surface area (Å²) < 4.78 is 5.16. The molecule has 4 fully saturated rings. The van der Waals surface area contributed by atoms with Gasteiger partial charge in [-0.2, -0.15) is 0 Å². The number of rotatable bonds is 5. The van der Waals surface area contributed by atoms with Gasteiger partial charge in [-0.15, -0.1) is 0 Å². The highest BCUT2D eigenvalue weighted by Gasteiger charge is 2.72. The monoisotopic (exact) mass is 476 g/mol. The van der Waals surface area contributed by atoms with E-state index in [-0.39, 0.29) is 68.9 Å². The van der Waals surface area contributed by atoms with Gasteiger partial charge in [-0.1, -0.05) is 6.92 Å². The van der Waals surface area contributed by atoms with Gasteiger partial charge in [0.1, 0.15) is 12.9 Å². The van der Waals surface area contributed by atoms with E-state index >= 15 is 0 Å². The van der Waals surface area contributed by atoms with Crippen LogP contribution in [0.15, 0.2) is 11.6 Å². The molecule has 188 valence electrons. The molecular formula is C26H36O8. The lowest BCUT2D eigenvalue weighted by atomic mass is 9.41. The molecule has 0 aromatic heterocycles. The van der Waals surface area contributed by atoms with Gasteiger partial charge in [0, 0.05) is 24.3 Å². The van der Waals surface area contributed by atoms with Crippen LogP contribution in [0.5, 0.6) is 0 Å². The summed E-state index contributed by atoms with van der Waals surface area (Å²) in [5.74, 6) is -1.65. The second-order valence-electron chi connectivity index (χ2n) is 12.0. The number of aldehydes is 1. The molecule has 4 saturated carbocycles. The summed E-state index contributed by atoms with van der Waals surface area (Å²) in [4.78, 5) is 35.5. The van der Waals surface area contributed by atoms with Gasteiger partial charge in [0.2, 0.25) is 0 Å². The van der Waals surface area contributed by atoms with E-state index in [0.717, 1.165) is 18.3 Å². The van der Waals surface area contributed by atoms with E-state index in [1.54, 1.807) is 6.08 Å². The van der Waals surface area contributed by atoms with Crippen LogP contribution in [-0.4, -0.2) is 62.1 Å². The Bertz CT molecular complexity index is 945. The molecule has 0 amide bonds. The Kier molecular flexibility index (Phi) is 5.36. The molecule has 1 heterocycles. The number of carbonyl (C=O) groups excluding carboxylic acids is 2. The minimum atomic E-state index is -1.42. The van der Waals surface area contributed by atoms with Crippen molar-refractivity contribution in [3.05, 3.63) is 11.6 Å². The second-order valence-corrected chi connectivity index (χ2v) is 12.0. The highest BCUT2D eigenvalue weighted by molar-refractivity contribution is 5.85. The van der Waals surface area contributed by atoms with Crippen molar-refractivity contribution >= 4 is 18.2 Å². The number of cyclic esters (lactones) is 1. The van der Waals surface area contributed by atoms with E-state index in [1.165, 1.54) is 0 Å². The number of fused-ring (bicyclic) bond motifs is 5. The third kappa shape index (κ3) is 3.10. The standard InChI is InChI=1S/C26H36O8/c1-22-6-2-18-19(26(22,33)9-4-17(22)16-12-21(30)34-13-16)3-8-25(32)14-23(31,7-5-20(28)29)10-11-24(18,25)15-27/h12,15,17-19,31-33H,2-11,13-14H2,1H3,(H,28,29)/t17-,18+,19-,22-,23+,24+,25+,26+/m1/s1. The molecule has 8 nitrogen and oxygen atoms in total. The van der Waals surface area contributed by atoms with E-state index < -0.39 is 33.6 Å². The zero-order chi connectivity index (χ0) is 24.6. The average Bonchev–Trinajstić information content (AvgIpc) is 3.32. The van der Waals surface area contributed by atoms with Crippen molar-refractivity contribution in [2.24, 2.45) is 28.6 Å². The van der Waals surface area contributed by atoms with E-state index in [0.29, 0.717) is 25.7 Å². The average molecular weight is 477 g/mol. The molecule has 8 atom stereocenters. The fourth-order valence-electron chi connectivity index (χ4n) is 9.03. The summed E-state index contributed by atoms with van der Waals surface area (Å²) in [6.45, 7) is 2.38. The number of esters is 1. The lowest BCUT2D eigenvalue weighted by molar-refractivity contribution is -0.259. The number of hydrogen-bond donors (Lipinski definition) is 4. The maximum Gasteiger partial charge on any atom is 0.331 e. The van der Waals surface area contributed by atoms with E-state index in [9.17, 15) is 29.7 Å². The molecule has 5 rings (SSSR count). The number of aliphatic carboxylic acids is 1. The lowest BCUT2D eigenvalue weighted by Crippen LogP contribution is -2.70. The molecule has 4 N–H and O–H groups in total. The molecule has 0 spiro atoms. The quantitative estimate of drug-likeness (QED) is 0.349. The van der Waals surface area contributed by atoms with Crippen molar-refractivity contribution in [3.8, 4) is 0 Å². The molecular weight excluding hydrogens is 440 g/mol. The van der Waals surface area contributed by atoms with Gasteiger partial charge < -0.3 is 30.0 Å². The third-order valence-corrected chi connectivity index (χ3v) is 10.8. The van der Waals surface area contributed by atoms with Crippen LogP contribution in [0.2, 0.25) is 0 Å². The normalized spacial score (nSPS) is 49.9. The minimum Gasteiger partial charge on any atom is -0.481 e. The number of aliphatic hydroxyl groups is 3. The Morgan fingerprint density at radius 1 is 1.09 bits per heavy atom. The van der Waals surface area contributed by atoms with Crippen molar-refractivity contribution in [1.82, 2.24) is 0 Å². The highest BCUT2D eigenvalue weighted by Crippen LogP contribution is 2.70. The van der Waals surface area contributed by atoms with Gasteiger partial charge in [-0.3, -0.25) is 4.79 Å². The molecule has 4 aliphatic carbocycles. The van der Waals surface area contributed by atoms with Crippen LogP contribution in [0.4, 0.5) is 0 Å². The second kappa shape index (κ2) is 7.61. The summed E-state index contributed by atoms with van der Waals surface area (Å²) in [6.07, 6.45) is 6.36. The van der Waals surface area contributed by atoms with Crippen molar-refractivity contribution in [2.45, 2.75) is 94.4 Å². The Balaban J connectivity index is 1.45. The maximum absolute atomic E-state index is 12.8. The molecule has 0 aromatic carbocycles. The molecule has 0 radical (unpaired) electrons. The molecule has 0 unspecified atom stereocenters. The largest absolute Gasteiger partial charge is 0.481 e. The fourth-order valence-corrected chi connectivity index (χ4v) is 9.03. The molecule has 8 heteroatoms. The molecule has 1 aliphatic heterocycles. The number of hydrogen-bond acceptors (Lipinski definition) is 7. The molecule has 0 bridgehead atoms. The third-order valence-electron chi connectivity index (χ3n) is 10.8. The zero-order valence-corrected chi connectivity index (χ0v) is 19.8. The number of carbonyl (C=O) groups is 3. The number of carboxylic acids is 1.